The van der Waals surface area contributed by atoms with E-state index in [0.29, 0.717) is 32.0 Å². The molecule has 4 nitrogen and oxygen atoms in total. The first-order valence-corrected chi connectivity index (χ1v) is 6.33. The molecule has 110 valence electrons. The Morgan fingerprint density at radius 2 is 1.75 bits per heavy atom. The third-order valence-corrected chi connectivity index (χ3v) is 3.07. The highest BCUT2D eigenvalue weighted by Crippen LogP contribution is 2.28. The van der Waals surface area contributed by atoms with Gasteiger partial charge >= 0.3 is 6.36 Å². The number of hydrogen-bond acceptors (Lipinski definition) is 4. The van der Waals surface area contributed by atoms with E-state index in [0.717, 1.165) is 0 Å². The van der Waals surface area contributed by atoms with Gasteiger partial charge in [-0.1, -0.05) is 6.07 Å². The highest BCUT2D eigenvalue weighted by molar-refractivity contribution is 5.51. The molecule has 0 amide bonds. The lowest BCUT2D eigenvalue weighted by molar-refractivity contribution is -0.274. The second kappa shape index (κ2) is 5.14. The Kier molecular flexibility index (Phi) is 3.47. The number of ether oxygens (including phenoxy) is 3. The lowest BCUT2D eigenvalue weighted by Gasteiger charge is -2.24. The van der Waals surface area contributed by atoms with Crippen molar-refractivity contribution in [3.8, 4) is 5.75 Å². The average molecular weight is 289 g/mol. The molecule has 0 spiro atoms. The van der Waals surface area contributed by atoms with Crippen LogP contribution >= 0.6 is 0 Å². The largest absolute Gasteiger partial charge is 0.573 e. The summed E-state index contributed by atoms with van der Waals surface area (Å²) in [4.78, 5) is 1.97. The number of halogens is 3. The van der Waals surface area contributed by atoms with E-state index in [9.17, 15) is 13.2 Å². The molecule has 0 saturated carbocycles. The summed E-state index contributed by atoms with van der Waals surface area (Å²) in [5.41, 5.74) is 0.678. The third-order valence-electron chi connectivity index (χ3n) is 3.07. The Morgan fingerprint density at radius 3 is 2.25 bits per heavy atom. The van der Waals surface area contributed by atoms with Crippen molar-refractivity contribution in [3.63, 3.8) is 0 Å². The molecule has 20 heavy (non-hydrogen) atoms. The Morgan fingerprint density at radius 1 is 1.15 bits per heavy atom. The first-order chi connectivity index (χ1) is 9.49. The van der Waals surface area contributed by atoms with E-state index in [2.05, 4.69) is 4.74 Å². The number of rotatable bonds is 6. The molecule has 0 aliphatic carbocycles. The molecule has 2 aliphatic rings. The quantitative estimate of drug-likeness (QED) is 0.752. The summed E-state index contributed by atoms with van der Waals surface area (Å²) in [6, 6.07) is 5.98. The summed E-state index contributed by atoms with van der Waals surface area (Å²) < 4.78 is 51.0. The van der Waals surface area contributed by atoms with Crippen LogP contribution in [0.25, 0.3) is 0 Å². The zero-order valence-corrected chi connectivity index (χ0v) is 10.6. The SMILES string of the molecule is FC(F)(F)Oc1cccc(N(CC2CO2)CC2CO2)c1. The van der Waals surface area contributed by atoms with Gasteiger partial charge in [0.15, 0.2) is 0 Å². The maximum Gasteiger partial charge on any atom is 0.573 e. The first-order valence-electron chi connectivity index (χ1n) is 6.33. The maximum absolute atomic E-state index is 12.2. The summed E-state index contributed by atoms with van der Waals surface area (Å²) in [6.07, 6.45) is -4.37. The molecule has 2 fully saturated rings. The van der Waals surface area contributed by atoms with E-state index < -0.39 is 6.36 Å². The van der Waals surface area contributed by atoms with Gasteiger partial charge in [0, 0.05) is 24.8 Å². The molecule has 7 heteroatoms. The summed E-state index contributed by atoms with van der Waals surface area (Å²) in [5, 5.41) is 0. The molecular formula is C13H14F3NO3. The van der Waals surface area contributed by atoms with Crippen molar-refractivity contribution in [1.29, 1.82) is 0 Å². The van der Waals surface area contributed by atoms with Crippen molar-refractivity contribution in [2.45, 2.75) is 18.6 Å². The molecule has 0 bridgehead atoms. The van der Waals surface area contributed by atoms with Gasteiger partial charge in [-0.25, -0.2) is 0 Å². The molecule has 2 atom stereocenters. The molecule has 3 rings (SSSR count). The van der Waals surface area contributed by atoms with Gasteiger partial charge in [0.25, 0.3) is 0 Å². The van der Waals surface area contributed by atoms with Gasteiger partial charge in [-0.15, -0.1) is 13.2 Å². The zero-order valence-electron chi connectivity index (χ0n) is 10.6. The molecule has 1 aromatic rings. The fourth-order valence-corrected chi connectivity index (χ4v) is 2.00. The Bertz CT molecular complexity index is 458. The molecule has 0 N–H and O–H groups in total. The minimum Gasteiger partial charge on any atom is -0.406 e. The average Bonchev–Trinajstić information content (AvgIpc) is 3.21. The number of benzene rings is 1. The van der Waals surface area contributed by atoms with E-state index in [1.807, 2.05) is 4.90 Å². The Balaban J connectivity index is 1.72. The van der Waals surface area contributed by atoms with Crippen LogP contribution < -0.4 is 9.64 Å². The van der Waals surface area contributed by atoms with Crippen molar-refractivity contribution >= 4 is 5.69 Å². The van der Waals surface area contributed by atoms with Crippen LogP contribution in [0.4, 0.5) is 18.9 Å². The van der Waals surface area contributed by atoms with E-state index in [4.69, 9.17) is 9.47 Å². The van der Waals surface area contributed by atoms with E-state index in [-0.39, 0.29) is 18.0 Å². The predicted octanol–water partition coefficient (Wildman–Crippen LogP) is 2.19. The Hall–Kier alpha value is -1.47. The molecule has 2 saturated heterocycles. The maximum atomic E-state index is 12.2. The van der Waals surface area contributed by atoms with Gasteiger partial charge < -0.3 is 19.1 Å². The van der Waals surface area contributed by atoms with Gasteiger partial charge in [0.1, 0.15) is 5.75 Å². The minimum atomic E-state index is -4.68. The topological polar surface area (TPSA) is 37.5 Å². The van der Waals surface area contributed by atoms with Crippen LogP contribution in [0.5, 0.6) is 5.75 Å². The zero-order chi connectivity index (χ0) is 14.2. The Labute approximate surface area is 114 Å². The molecule has 1 aromatic carbocycles. The molecular weight excluding hydrogens is 275 g/mol. The highest BCUT2D eigenvalue weighted by atomic mass is 19.4. The van der Waals surface area contributed by atoms with Gasteiger partial charge in [0.05, 0.1) is 25.4 Å². The number of nitrogens with zero attached hydrogens (tertiary/aromatic N) is 1. The summed E-state index contributed by atoms with van der Waals surface area (Å²) in [6.45, 7) is 2.69. The molecule has 0 radical (unpaired) electrons. The van der Waals surface area contributed by atoms with Crippen LogP contribution in [0, 0.1) is 0 Å². The highest BCUT2D eigenvalue weighted by Gasteiger charge is 2.33. The lowest BCUT2D eigenvalue weighted by atomic mass is 10.2. The van der Waals surface area contributed by atoms with Gasteiger partial charge in [0.2, 0.25) is 0 Å². The van der Waals surface area contributed by atoms with Crippen molar-refractivity contribution < 1.29 is 27.4 Å². The van der Waals surface area contributed by atoms with Crippen molar-refractivity contribution in [1.82, 2.24) is 0 Å². The second-order valence-corrected chi connectivity index (χ2v) is 4.86. The summed E-state index contributed by atoms with van der Waals surface area (Å²) in [5.74, 6) is -0.214. The fourth-order valence-electron chi connectivity index (χ4n) is 2.00. The van der Waals surface area contributed by atoms with Crippen LogP contribution in [0.2, 0.25) is 0 Å². The van der Waals surface area contributed by atoms with Crippen LogP contribution in [0.15, 0.2) is 24.3 Å². The smallest absolute Gasteiger partial charge is 0.406 e. The van der Waals surface area contributed by atoms with Gasteiger partial charge in [-0.2, -0.15) is 0 Å². The third kappa shape index (κ3) is 4.01. The number of hydrogen-bond donors (Lipinski definition) is 0. The number of alkyl halides is 3. The molecule has 0 aromatic heterocycles. The van der Waals surface area contributed by atoms with Crippen molar-refractivity contribution in [2.24, 2.45) is 0 Å². The second-order valence-electron chi connectivity index (χ2n) is 4.86. The predicted molar refractivity (Wildman–Crippen MR) is 64.8 cm³/mol. The first kappa shape index (κ1) is 13.5. The van der Waals surface area contributed by atoms with Crippen LogP contribution in [-0.4, -0.2) is 44.9 Å². The lowest BCUT2D eigenvalue weighted by Crippen LogP contribution is -2.31. The number of anilines is 1. The van der Waals surface area contributed by atoms with E-state index in [1.54, 1.807) is 12.1 Å². The van der Waals surface area contributed by atoms with E-state index in [1.165, 1.54) is 12.1 Å². The molecule has 2 heterocycles. The van der Waals surface area contributed by atoms with Crippen molar-refractivity contribution in [2.75, 3.05) is 31.2 Å². The van der Waals surface area contributed by atoms with Crippen LogP contribution in [-0.2, 0) is 9.47 Å². The molecule has 2 unspecified atom stereocenters. The summed E-state index contributed by atoms with van der Waals surface area (Å²) in [7, 11) is 0. The van der Waals surface area contributed by atoms with Crippen molar-refractivity contribution in [3.05, 3.63) is 24.3 Å². The van der Waals surface area contributed by atoms with Crippen LogP contribution in [0.1, 0.15) is 0 Å². The standard InChI is InChI=1S/C13H14F3NO3/c14-13(15,16)20-10-3-1-2-9(4-10)17(5-11-7-18-11)6-12-8-19-12/h1-4,11-12H,5-8H2. The van der Waals surface area contributed by atoms with Gasteiger partial charge in [-0.3, -0.25) is 0 Å². The van der Waals surface area contributed by atoms with Gasteiger partial charge in [-0.05, 0) is 12.1 Å². The molecule has 2 aliphatic heterocycles. The minimum absolute atomic E-state index is 0.154. The normalized spacial score (nSPS) is 24.4. The van der Waals surface area contributed by atoms with Crippen LogP contribution in [0.3, 0.4) is 0 Å². The van der Waals surface area contributed by atoms with E-state index >= 15 is 0 Å². The number of epoxide rings is 2. The fraction of sp³-hybridized carbons (Fsp3) is 0.538. The monoisotopic (exact) mass is 289 g/mol. The summed E-state index contributed by atoms with van der Waals surface area (Å²) >= 11 is 0.